The minimum absolute atomic E-state index is 0.250. The first-order valence-corrected chi connectivity index (χ1v) is 11.9. The molecule has 12 heteroatoms. The van der Waals surface area contributed by atoms with Gasteiger partial charge < -0.3 is 37.2 Å². The Hall–Kier alpha value is -1.89. The molecule has 0 saturated carbocycles. The highest BCUT2D eigenvalue weighted by atomic mass is 32.2. The smallest absolute Gasteiger partial charge is 0.328 e. The average molecular weight is 462 g/mol. The molecule has 3 amide bonds. The molecule has 0 bridgehead atoms. The van der Waals surface area contributed by atoms with Crippen LogP contribution in [0.1, 0.15) is 38.5 Å². The molecule has 0 aromatic heterocycles. The van der Waals surface area contributed by atoms with Crippen molar-refractivity contribution in [2.45, 2.75) is 62.7 Å². The van der Waals surface area contributed by atoms with E-state index in [1.54, 1.807) is 11.8 Å². The molecule has 8 N–H and O–H groups in total. The highest BCUT2D eigenvalue weighted by Gasteiger charge is 2.37. The van der Waals surface area contributed by atoms with Crippen LogP contribution in [0, 0.1) is 0 Å². The fourth-order valence-electron chi connectivity index (χ4n) is 3.37. The number of aliphatic hydroxyl groups excluding tert-OH is 1. The summed E-state index contributed by atoms with van der Waals surface area (Å²) >= 11 is 1.58. The summed E-state index contributed by atoms with van der Waals surface area (Å²) < 4.78 is 0. The first kappa shape index (κ1) is 27.1. The number of hydrogen-bond donors (Lipinski definition) is 6. The highest BCUT2D eigenvalue weighted by molar-refractivity contribution is 7.98. The number of aliphatic carboxylic acids is 1. The summed E-state index contributed by atoms with van der Waals surface area (Å²) in [5.74, 6) is -2.13. The predicted molar refractivity (Wildman–Crippen MR) is 117 cm³/mol. The molecule has 178 valence electrons. The zero-order chi connectivity index (χ0) is 23.4. The van der Waals surface area contributed by atoms with E-state index in [4.69, 9.17) is 21.7 Å². The van der Waals surface area contributed by atoms with Crippen molar-refractivity contribution in [1.82, 2.24) is 15.5 Å². The number of amides is 3. The zero-order valence-corrected chi connectivity index (χ0v) is 18.7. The molecule has 4 unspecified atom stereocenters. The molecule has 1 fully saturated rings. The third-order valence-electron chi connectivity index (χ3n) is 5.17. The van der Waals surface area contributed by atoms with Crippen molar-refractivity contribution in [1.29, 1.82) is 0 Å². The zero-order valence-electron chi connectivity index (χ0n) is 17.9. The number of unbranched alkanes of at least 4 members (excludes halogenated alkanes) is 1. The van der Waals surface area contributed by atoms with Gasteiger partial charge in [-0.1, -0.05) is 0 Å². The Balaban J connectivity index is 2.84. The number of hydrogen-bond acceptors (Lipinski definition) is 8. The van der Waals surface area contributed by atoms with Crippen LogP contribution in [-0.4, -0.2) is 94.7 Å². The van der Waals surface area contributed by atoms with Crippen LogP contribution in [0.5, 0.6) is 0 Å². The minimum atomic E-state index is -1.47. The van der Waals surface area contributed by atoms with Crippen molar-refractivity contribution < 1.29 is 29.4 Å². The Morgan fingerprint density at radius 2 is 1.87 bits per heavy atom. The van der Waals surface area contributed by atoms with Crippen LogP contribution in [0.2, 0.25) is 0 Å². The molecular weight excluding hydrogens is 426 g/mol. The number of nitrogens with zero attached hydrogens (tertiary/aromatic N) is 1. The number of aliphatic hydroxyl groups is 1. The van der Waals surface area contributed by atoms with Gasteiger partial charge in [0.15, 0.2) is 0 Å². The SMILES string of the molecule is CSCCC(N)C(=O)N1CCCC1C(=O)NC(CCCCN)C(=O)NC(CO)C(=O)O. The van der Waals surface area contributed by atoms with Crippen molar-refractivity contribution in [2.75, 3.05) is 31.7 Å². The molecule has 0 aromatic rings. The van der Waals surface area contributed by atoms with Gasteiger partial charge in [-0.2, -0.15) is 11.8 Å². The fraction of sp³-hybridized carbons (Fsp3) is 0.789. The van der Waals surface area contributed by atoms with Gasteiger partial charge in [-0.25, -0.2) is 4.79 Å². The number of likely N-dealkylation sites (tertiary alicyclic amines) is 1. The molecule has 4 atom stereocenters. The van der Waals surface area contributed by atoms with Gasteiger partial charge in [-0.15, -0.1) is 0 Å². The molecule has 0 spiro atoms. The van der Waals surface area contributed by atoms with Gasteiger partial charge in [-0.3, -0.25) is 14.4 Å². The normalized spacial score (nSPS) is 18.8. The number of carbonyl (C=O) groups is 4. The first-order chi connectivity index (χ1) is 14.8. The van der Waals surface area contributed by atoms with E-state index >= 15 is 0 Å². The second-order valence-corrected chi connectivity index (χ2v) is 8.49. The minimum Gasteiger partial charge on any atom is -0.480 e. The van der Waals surface area contributed by atoms with E-state index in [-0.39, 0.29) is 12.3 Å². The molecule has 31 heavy (non-hydrogen) atoms. The van der Waals surface area contributed by atoms with Crippen LogP contribution in [0.15, 0.2) is 0 Å². The average Bonchev–Trinajstić information content (AvgIpc) is 3.24. The summed E-state index contributed by atoms with van der Waals surface area (Å²) in [6.45, 7) is 0.0540. The third-order valence-corrected chi connectivity index (χ3v) is 5.81. The quantitative estimate of drug-likeness (QED) is 0.163. The molecule has 1 rings (SSSR count). The summed E-state index contributed by atoms with van der Waals surface area (Å²) in [6, 6.07) is -3.90. The summed E-state index contributed by atoms with van der Waals surface area (Å²) in [5.41, 5.74) is 11.5. The van der Waals surface area contributed by atoms with Gasteiger partial charge in [-0.05, 0) is 57.1 Å². The summed E-state index contributed by atoms with van der Waals surface area (Å²) in [6.07, 6.45) is 4.95. The van der Waals surface area contributed by atoms with Crippen molar-refractivity contribution in [3.8, 4) is 0 Å². The first-order valence-electron chi connectivity index (χ1n) is 10.5. The molecule has 0 aromatic carbocycles. The number of nitrogens with one attached hydrogen (secondary N) is 2. The van der Waals surface area contributed by atoms with Crippen LogP contribution >= 0.6 is 11.8 Å². The van der Waals surface area contributed by atoms with Crippen molar-refractivity contribution in [2.24, 2.45) is 11.5 Å². The molecule has 1 saturated heterocycles. The Kier molecular flexibility index (Phi) is 12.5. The Morgan fingerprint density at radius 3 is 2.45 bits per heavy atom. The van der Waals surface area contributed by atoms with E-state index < -0.39 is 48.6 Å². The lowest BCUT2D eigenvalue weighted by Crippen LogP contribution is -2.57. The maximum Gasteiger partial charge on any atom is 0.328 e. The number of rotatable bonds is 14. The molecular formula is C19H35N5O6S. The van der Waals surface area contributed by atoms with Crippen LogP contribution in [0.3, 0.4) is 0 Å². The topological polar surface area (TPSA) is 188 Å². The molecule has 0 radical (unpaired) electrons. The van der Waals surface area contributed by atoms with E-state index in [1.807, 2.05) is 6.26 Å². The number of carboxylic acid groups (broad SMARTS) is 1. The van der Waals surface area contributed by atoms with Gasteiger partial charge in [0.05, 0.1) is 12.6 Å². The fourth-order valence-corrected chi connectivity index (χ4v) is 3.86. The number of carbonyl (C=O) groups excluding carboxylic acids is 3. The lowest BCUT2D eigenvalue weighted by Gasteiger charge is -2.28. The molecule has 1 aliphatic heterocycles. The highest BCUT2D eigenvalue weighted by Crippen LogP contribution is 2.19. The van der Waals surface area contributed by atoms with Gasteiger partial charge in [0.2, 0.25) is 17.7 Å². The lowest BCUT2D eigenvalue weighted by molar-refractivity contribution is -0.144. The largest absolute Gasteiger partial charge is 0.480 e. The number of thioether (sulfide) groups is 1. The number of carboxylic acids is 1. The molecule has 0 aliphatic carbocycles. The predicted octanol–water partition coefficient (Wildman–Crippen LogP) is -1.77. The number of nitrogens with two attached hydrogens (primary N) is 2. The van der Waals surface area contributed by atoms with Crippen LogP contribution in [0.4, 0.5) is 0 Å². The van der Waals surface area contributed by atoms with Crippen molar-refractivity contribution >= 4 is 35.5 Å². The summed E-state index contributed by atoms with van der Waals surface area (Å²) in [4.78, 5) is 50.7. The van der Waals surface area contributed by atoms with Crippen molar-refractivity contribution in [3.63, 3.8) is 0 Å². The molecule has 11 nitrogen and oxygen atoms in total. The second kappa shape index (κ2) is 14.2. The van der Waals surface area contributed by atoms with Crippen LogP contribution in [0.25, 0.3) is 0 Å². The Bertz CT molecular complexity index is 623. The Morgan fingerprint density at radius 1 is 1.16 bits per heavy atom. The standard InChI is InChI=1S/C19H35N5O6S/c1-31-10-7-12(21)18(28)24-9-4-6-15(24)17(27)22-13(5-2-3-8-20)16(26)23-14(11-25)19(29)30/h12-15,25H,2-11,20-21H2,1H3,(H,22,27)(H,23,26)(H,29,30). The van der Waals surface area contributed by atoms with Crippen LogP contribution in [-0.2, 0) is 19.2 Å². The van der Waals surface area contributed by atoms with Crippen molar-refractivity contribution in [3.05, 3.63) is 0 Å². The maximum atomic E-state index is 12.9. The second-order valence-electron chi connectivity index (χ2n) is 7.51. The van der Waals surface area contributed by atoms with E-state index in [0.717, 1.165) is 5.75 Å². The summed E-state index contributed by atoms with van der Waals surface area (Å²) in [5, 5.41) is 23.1. The van der Waals surface area contributed by atoms with E-state index in [9.17, 15) is 19.2 Å². The lowest BCUT2D eigenvalue weighted by atomic mass is 10.1. The molecule has 1 heterocycles. The van der Waals surface area contributed by atoms with E-state index in [1.165, 1.54) is 4.90 Å². The van der Waals surface area contributed by atoms with Crippen LogP contribution < -0.4 is 22.1 Å². The molecule has 1 aliphatic rings. The summed E-state index contributed by atoms with van der Waals surface area (Å²) in [7, 11) is 0. The third kappa shape index (κ3) is 8.63. The van der Waals surface area contributed by atoms with Gasteiger partial charge in [0.1, 0.15) is 18.1 Å². The van der Waals surface area contributed by atoms with E-state index in [2.05, 4.69) is 10.6 Å². The van der Waals surface area contributed by atoms with Gasteiger partial charge >= 0.3 is 5.97 Å². The van der Waals surface area contributed by atoms with E-state index in [0.29, 0.717) is 45.2 Å². The van der Waals surface area contributed by atoms with Gasteiger partial charge in [0.25, 0.3) is 0 Å². The van der Waals surface area contributed by atoms with Gasteiger partial charge in [0, 0.05) is 6.54 Å². The monoisotopic (exact) mass is 461 g/mol. The Labute approximate surface area is 186 Å². The maximum absolute atomic E-state index is 12.9.